The SMILES string of the molecule is N#Cc1cccc(N2CCC(N3CCCCCC3)CC2)n1. The molecule has 0 amide bonds. The Morgan fingerprint density at radius 1 is 1.00 bits per heavy atom. The number of pyridine rings is 1. The number of nitriles is 1. The van der Waals surface area contributed by atoms with E-state index in [1.807, 2.05) is 12.1 Å². The lowest BCUT2D eigenvalue weighted by molar-refractivity contribution is 0.175. The van der Waals surface area contributed by atoms with Crippen LogP contribution >= 0.6 is 0 Å². The average molecular weight is 284 g/mol. The second kappa shape index (κ2) is 6.91. The lowest BCUT2D eigenvalue weighted by Crippen LogP contribution is -2.45. The Morgan fingerprint density at radius 2 is 1.71 bits per heavy atom. The fraction of sp³-hybridized carbons (Fsp3) is 0.647. The van der Waals surface area contributed by atoms with Crippen molar-refractivity contribution in [2.45, 2.75) is 44.6 Å². The Labute approximate surface area is 127 Å². The van der Waals surface area contributed by atoms with E-state index in [0.29, 0.717) is 5.69 Å². The molecule has 0 radical (unpaired) electrons. The molecule has 2 aliphatic rings. The molecule has 0 bridgehead atoms. The fourth-order valence-corrected chi connectivity index (χ4v) is 3.58. The van der Waals surface area contributed by atoms with E-state index in [0.717, 1.165) is 24.9 Å². The molecule has 112 valence electrons. The van der Waals surface area contributed by atoms with Crippen LogP contribution in [-0.4, -0.2) is 42.1 Å². The summed E-state index contributed by atoms with van der Waals surface area (Å²) in [6.45, 7) is 4.69. The molecule has 21 heavy (non-hydrogen) atoms. The molecule has 0 N–H and O–H groups in total. The Morgan fingerprint density at radius 3 is 2.38 bits per heavy atom. The summed E-state index contributed by atoms with van der Waals surface area (Å²) < 4.78 is 0. The first kappa shape index (κ1) is 14.3. The topological polar surface area (TPSA) is 43.2 Å². The summed E-state index contributed by atoms with van der Waals surface area (Å²) in [6.07, 6.45) is 7.98. The minimum absolute atomic E-state index is 0.516. The number of piperidine rings is 1. The first-order valence-corrected chi connectivity index (χ1v) is 8.23. The number of hydrogen-bond acceptors (Lipinski definition) is 4. The molecule has 3 heterocycles. The van der Waals surface area contributed by atoms with E-state index in [9.17, 15) is 0 Å². The number of likely N-dealkylation sites (tertiary alicyclic amines) is 1. The van der Waals surface area contributed by atoms with Gasteiger partial charge in [0.2, 0.25) is 0 Å². The highest BCUT2D eigenvalue weighted by Crippen LogP contribution is 2.23. The molecule has 0 aromatic carbocycles. The van der Waals surface area contributed by atoms with Crippen molar-refractivity contribution < 1.29 is 0 Å². The molecule has 0 unspecified atom stereocenters. The normalized spacial score (nSPS) is 21.8. The van der Waals surface area contributed by atoms with Gasteiger partial charge in [0.25, 0.3) is 0 Å². The minimum Gasteiger partial charge on any atom is -0.356 e. The third-order valence-electron chi connectivity index (χ3n) is 4.79. The third-order valence-corrected chi connectivity index (χ3v) is 4.79. The van der Waals surface area contributed by atoms with Crippen LogP contribution in [0.4, 0.5) is 5.82 Å². The maximum absolute atomic E-state index is 8.96. The van der Waals surface area contributed by atoms with Crippen LogP contribution in [0.2, 0.25) is 0 Å². The van der Waals surface area contributed by atoms with Crippen LogP contribution in [0.3, 0.4) is 0 Å². The summed E-state index contributed by atoms with van der Waals surface area (Å²) in [7, 11) is 0. The Kier molecular flexibility index (Phi) is 4.72. The minimum atomic E-state index is 0.516. The number of aromatic nitrogens is 1. The third kappa shape index (κ3) is 3.54. The predicted octanol–water partition coefficient (Wildman–Crippen LogP) is 2.80. The van der Waals surface area contributed by atoms with Crippen LogP contribution in [0.1, 0.15) is 44.2 Å². The van der Waals surface area contributed by atoms with Gasteiger partial charge in [-0.1, -0.05) is 18.9 Å². The summed E-state index contributed by atoms with van der Waals surface area (Å²) in [6, 6.07) is 8.60. The zero-order valence-electron chi connectivity index (χ0n) is 12.7. The van der Waals surface area contributed by atoms with Gasteiger partial charge in [0.1, 0.15) is 17.6 Å². The van der Waals surface area contributed by atoms with Crippen LogP contribution in [0.25, 0.3) is 0 Å². The van der Waals surface area contributed by atoms with Crippen molar-refractivity contribution in [1.82, 2.24) is 9.88 Å². The van der Waals surface area contributed by atoms with Gasteiger partial charge in [-0.3, -0.25) is 0 Å². The van der Waals surface area contributed by atoms with E-state index in [2.05, 4.69) is 20.9 Å². The van der Waals surface area contributed by atoms with E-state index in [-0.39, 0.29) is 0 Å². The quantitative estimate of drug-likeness (QED) is 0.837. The lowest BCUT2D eigenvalue weighted by Gasteiger charge is -2.38. The molecule has 1 aromatic rings. The Balaban J connectivity index is 1.58. The molecule has 2 aliphatic heterocycles. The Bertz CT molecular complexity index is 492. The maximum Gasteiger partial charge on any atom is 0.142 e. The van der Waals surface area contributed by atoms with E-state index in [4.69, 9.17) is 5.26 Å². The second-order valence-corrected chi connectivity index (χ2v) is 6.16. The zero-order chi connectivity index (χ0) is 14.5. The molecule has 3 rings (SSSR count). The molecule has 2 saturated heterocycles. The van der Waals surface area contributed by atoms with Gasteiger partial charge >= 0.3 is 0 Å². The second-order valence-electron chi connectivity index (χ2n) is 6.16. The average Bonchev–Trinajstić information content (AvgIpc) is 2.84. The number of nitrogens with zero attached hydrogens (tertiary/aromatic N) is 4. The molecule has 0 saturated carbocycles. The summed E-state index contributed by atoms with van der Waals surface area (Å²) >= 11 is 0. The van der Waals surface area contributed by atoms with Crippen LogP contribution in [0.15, 0.2) is 18.2 Å². The highest BCUT2D eigenvalue weighted by Gasteiger charge is 2.25. The van der Waals surface area contributed by atoms with Gasteiger partial charge in [-0.2, -0.15) is 5.26 Å². The van der Waals surface area contributed by atoms with Crippen molar-refractivity contribution in [3.63, 3.8) is 0 Å². The van der Waals surface area contributed by atoms with E-state index >= 15 is 0 Å². The summed E-state index contributed by atoms with van der Waals surface area (Å²) in [5.41, 5.74) is 0.516. The number of rotatable bonds is 2. The number of hydrogen-bond donors (Lipinski definition) is 0. The lowest BCUT2D eigenvalue weighted by atomic mass is 10.0. The van der Waals surface area contributed by atoms with Crippen molar-refractivity contribution in [2.75, 3.05) is 31.1 Å². The molecule has 0 spiro atoms. The molecule has 1 aromatic heterocycles. The molecular formula is C17H24N4. The summed E-state index contributed by atoms with van der Waals surface area (Å²) in [5, 5.41) is 8.96. The monoisotopic (exact) mass is 284 g/mol. The van der Waals surface area contributed by atoms with Gasteiger partial charge < -0.3 is 9.80 Å². The smallest absolute Gasteiger partial charge is 0.142 e. The predicted molar refractivity (Wildman–Crippen MR) is 84.2 cm³/mol. The van der Waals surface area contributed by atoms with Crippen molar-refractivity contribution >= 4 is 5.82 Å². The van der Waals surface area contributed by atoms with E-state index in [1.54, 1.807) is 6.07 Å². The Hall–Kier alpha value is -1.60. The van der Waals surface area contributed by atoms with Crippen molar-refractivity contribution in [1.29, 1.82) is 5.26 Å². The van der Waals surface area contributed by atoms with Gasteiger partial charge in [0.05, 0.1) is 0 Å². The highest BCUT2D eigenvalue weighted by atomic mass is 15.2. The van der Waals surface area contributed by atoms with E-state index < -0.39 is 0 Å². The maximum atomic E-state index is 8.96. The van der Waals surface area contributed by atoms with E-state index in [1.165, 1.54) is 51.6 Å². The van der Waals surface area contributed by atoms with Crippen LogP contribution in [0, 0.1) is 11.3 Å². The van der Waals surface area contributed by atoms with Crippen molar-refractivity contribution in [2.24, 2.45) is 0 Å². The molecule has 0 atom stereocenters. The van der Waals surface area contributed by atoms with Gasteiger partial charge in [-0.15, -0.1) is 0 Å². The van der Waals surface area contributed by atoms with Gasteiger partial charge in [-0.05, 0) is 50.9 Å². The van der Waals surface area contributed by atoms with Crippen LogP contribution in [0.5, 0.6) is 0 Å². The van der Waals surface area contributed by atoms with Crippen molar-refractivity contribution in [3.8, 4) is 6.07 Å². The summed E-state index contributed by atoms with van der Waals surface area (Å²) in [5.74, 6) is 0.961. The van der Waals surface area contributed by atoms with Crippen LogP contribution in [-0.2, 0) is 0 Å². The fourth-order valence-electron chi connectivity index (χ4n) is 3.58. The first-order valence-electron chi connectivity index (χ1n) is 8.23. The molecule has 4 nitrogen and oxygen atoms in total. The molecule has 4 heteroatoms. The van der Waals surface area contributed by atoms with Gasteiger partial charge in [0.15, 0.2) is 0 Å². The molecular weight excluding hydrogens is 260 g/mol. The standard InChI is InChI=1S/C17H24N4/c18-14-15-6-5-7-17(19-15)21-12-8-16(9-13-21)20-10-3-1-2-4-11-20/h5-7,16H,1-4,8-13H2. The highest BCUT2D eigenvalue weighted by molar-refractivity contribution is 5.42. The van der Waals surface area contributed by atoms with Gasteiger partial charge in [-0.25, -0.2) is 4.98 Å². The first-order chi connectivity index (χ1) is 10.4. The number of anilines is 1. The van der Waals surface area contributed by atoms with Crippen molar-refractivity contribution in [3.05, 3.63) is 23.9 Å². The molecule has 2 fully saturated rings. The largest absolute Gasteiger partial charge is 0.356 e. The summed E-state index contributed by atoms with van der Waals surface area (Å²) in [4.78, 5) is 9.46. The molecule has 0 aliphatic carbocycles. The van der Waals surface area contributed by atoms with Crippen LogP contribution < -0.4 is 4.90 Å². The van der Waals surface area contributed by atoms with Gasteiger partial charge in [0, 0.05) is 19.1 Å². The zero-order valence-corrected chi connectivity index (χ0v) is 12.7.